The van der Waals surface area contributed by atoms with E-state index in [4.69, 9.17) is 5.84 Å². The molecule has 3 aliphatic heterocycles. The molecular weight excluding hydrogens is 734 g/mol. The van der Waals surface area contributed by atoms with Crippen molar-refractivity contribution in [2.45, 2.75) is 70.3 Å². The van der Waals surface area contributed by atoms with Gasteiger partial charge in [-0.1, -0.05) is 36.4 Å². The van der Waals surface area contributed by atoms with Gasteiger partial charge in [0.1, 0.15) is 12.1 Å². The van der Waals surface area contributed by atoms with Crippen LogP contribution in [0.15, 0.2) is 76.8 Å². The minimum absolute atomic E-state index is 0.0686. The predicted octanol–water partition coefficient (Wildman–Crippen LogP) is 6.67. The van der Waals surface area contributed by atoms with E-state index in [0.717, 1.165) is 84.9 Å². The summed E-state index contributed by atoms with van der Waals surface area (Å²) in [6.07, 6.45) is 13.0. The number of fused-ring (bicyclic) bond motifs is 1. The summed E-state index contributed by atoms with van der Waals surface area (Å²) in [6, 6.07) is 20.0. The first-order chi connectivity index (χ1) is 28.3. The van der Waals surface area contributed by atoms with Crippen molar-refractivity contribution in [1.29, 1.82) is 0 Å². The van der Waals surface area contributed by atoms with Crippen LogP contribution >= 0.6 is 0 Å². The normalized spacial score (nSPS) is 19.3. The van der Waals surface area contributed by atoms with Crippen LogP contribution in [0.5, 0.6) is 0 Å². The lowest BCUT2D eigenvalue weighted by molar-refractivity contribution is -0.134. The minimum atomic E-state index is -0.506. The van der Waals surface area contributed by atoms with Crippen LogP contribution in [0.25, 0.3) is 27.6 Å². The quantitative estimate of drug-likeness (QED) is 0.0510. The van der Waals surface area contributed by atoms with Crippen molar-refractivity contribution >= 4 is 58.6 Å². The highest BCUT2D eigenvalue weighted by molar-refractivity contribution is 6.15. The summed E-state index contributed by atoms with van der Waals surface area (Å²) in [5.74, 6) is 4.78. The molecule has 0 spiro atoms. The average molecular weight is 784 g/mol. The molecule has 12 heteroatoms. The van der Waals surface area contributed by atoms with E-state index in [0.29, 0.717) is 61.1 Å². The number of hydrogen-bond acceptors (Lipinski definition) is 8. The molecule has 1 aromatic heterocycles. The van der Waals surface area contributed by atoms with Crippen molar-refractivity contribution in [3.8, 4) is 11.1 Å². The van der Waals surface area contributed by atoms with Gasteiger partial charge in [0.05, 0.1) is 23.3 Å². The van der Waals surface area contributed by atoms with Crippen molar-refractivity contribution < 1.29 is 23.6 Å². The first-order valence-corrected chi connectivity index (χ1v) is 20.6. The van der Waals surface area contributed by atoms with Gasteiger partial charge < -0.3 is 20.2 Å². The highest BCUT2D eigenvalue weighted by atomic mass is 19.1. The Hall–Kier alpha value is -5.91. The van der Waals surface area contributed by atoms with Crippen LogP contribution in [0.3, 0.4) is 0 Å². The minimum Gasteiger partial charge on any atom is -0.369 e. The van der Waals surface area contributed by atoms with Crippen molar-refractivity contribution in [2.75, 3.05) is 37.6 Å². The zero-order chi connectivity index (χ0) is 40.2. The predicted molar refractivity (Wildman–Crippen MR) is 225 cm³/mol. The molecule has 4 heterocycles. The lowest BCUT2D eigenvalue weighted by atomic mass is 9.88. The van der Waals surface area contributed by atoms with E-state index < -0.39 is 5.92 Å². The molecule has 4 aliphatic rings. The van der Waals surface area contributed by atoms with Gasteiger partial charge >= 0.3 is 0 Å². The average Bonchev–Trinajstić information content (AvgIpc) is 3.99. The Kier molecular flexibility index (Phi) is 11.6. The monoisotopic (exact) mass is 783 g/mol. The van der Waals surface area contributed by atoms with Crippen molar-refractivity contribution in [1.82, 2.24) is 14.8 Å². The van der Waals surface area contributed by atoms with Gasteiger partial charge in [-0.25, -0.2) is 4.39 Å². The Morgan fingerprint density at radius 1 is 0.931 bits per heavy atom. The van der Waals surface area contributed by atoms with Gasteiger partial charge in [0.15, 0.2) is 0 Å². The maximum atomic E-state index is 15.4. The first kappa shape index (κ1) is 38.9. The maximum Gasteiger partial charge on any atom is 0.234 e. The number of nitrogens with zero attached hydrogens (tertiary/aromatic N) is 5. The molecule has 300 valence electrons. The molecule has 4 aromatic rings. The van der Waals surface area contributed by atoms with E-state index >= 15 is 4.39 Å². The number of carbonyl (C=O) groups excluding carboxylic acids is 4. The van der Waals surface area contributed by atoms with E-state index in [1.54, 1.807) is 6.07 Å². The summed E-state index contributed by atoms with van der Waals surface area (Å²) >= 11 is 0. The van der Waals surface area contributed by atoms with Crippen molar-refractivity contribution in [2.24, 2.45) is 27.8 Å². The molecule has 0 bridgehead atoms. The maximum absolute atomic E-state index is 15.4. The van der Waals surface area contributed by atoms with E-state index in [1.165, 1.54) is 36.9 Å². The fourth-order valence-corrected chi connectivity index (χ4v) is 8.90. The summed E-state index contributed by atoms with van der Waals surface area (Å²) in [7, 11) is 0. The molecule has 3 amide bonds. The fourth-order valence-electron chi connectivity index (χ4n) is 8.90. The third-order valence-corrected chi connectivity index (χ3v) is 12.2. The topological polar surface area (TPSA) is 142 Å². The molecule has 3 N–H and O–H groups in total. The van der Waals surface area contributed by atoms with Crippen LogP contribution in [0.4, 0.5) is 10.1 Å². The second-order valence-corrected chi connectivity index (χ2v) is 16.2. The van der Waals surface area contributed by atoms with Gasteiger partial charge in [0.2, 0.25) is 17.7 Å². The van der Waals surface area contributed by atoms with Crippen molar-refractivity contribution in [3.05, 3.63) is 94.9 Å². The zero-order valence-corrected chi connectivity index (χ0v) is 32.7. The third-order valence-electron chi connectivity index (χ3n) is 12.2. The molecule has 1 atom stereocenters. The summed E-state index contributed by atoms with van der Waals surface area (Å²) in [4.78, 5) is 57.5. The highest BCUT2D eigenvalue weighted by Crippen LogP contribution is 2.40. The number of hydrogen-bond donors (Lipinski definition) is 2. The number of carbonyl (C=O) groups is 4. The lowest BCUT2D eigenvalue weighted by Crippen LogP contribution is -2.39. The van der Waals surface area contributed by atoms with Crippen LogP contribution in [-0.4, -0.2) is 78.6 Å². The van der Waals surface area contributed by atoms with Crippen LogP contribution in [0, 0.1) is 17.7 Å². The summed E-state index contributed by atoms with van der Waals surface area (Å²) in [6.45, 7) is 3.96. The largest absolute Gasteiger partial charge is 0.369 e. The van der Waals surface area contributed by atoms with Gasteiger partial charge in [-0.2, -0.15) is 5.10 Å². The number of hydrazone groups is 1. The van der Waals surface area contributed by atoms with Crippen LogP contribution in [-0.2, 0) is 27.3 Å². The molecule has 3 fully saturated rings. The number of nitrogens with two attached hydrogens (primary N) is 1. The van der Waals surface area contributed by atoms with E-state index in [1.807, 2.05) is 23.1 Å². The number of halogens is 1. The highest BCUT2D eigenvalue weighted by Gasteiger charge is 2.30. The number of aromatic nitrogens is 1. The Morgan fingerprint density at radius 3 is 2.47 bits per heavy atom. The van der Waals surface area contributed by atoms with Crippen LogP contribution < -0.4 is 16.1 Å². The van der Waals surface area contributed by atoms with Crippen LogP contribution in [0.2, 0.25) is 0 Å². The Bertz CT molecular complexity index is 2300. The molecule has 11 nitrogen and oxygen atoms in total. The van der Waals surface area contributed by atoms with E-state index in [2.05, 4.69) is 61.3 Å². The smallest absolute Gasteiger partial charge is 0.234 e. The molecule has 1 saturated carbocycles. The molecular formula is C46H50FN7O4. The Morgan fingerprint density at radius 2 is 1.74 bits per heavy atom. The summed E-state index contributed by atoms with van der Waals surface area (Å²) in [5.41, 5.74) is 8.47. The van der Waals surface area contributed by atoms with Crippen molar-refractivity contribution in [3.63, 3.8) is 0 Å². The van der Waals surface area contributed by atoms with Crippen LogP contribution in [0.1, 0.15) is 84.5 Å². The SMILES string of the molecule is N/N=C\C=NCCC(=O)N1CCC=C(c2cc3cc(C=O)cc(-c4ccc(CC5CCN(c6ccc(C7CCC(=O)NC7=O)cc6F)CC5)cc4)c3n2CC2CC2)C1. The fraction of sp³-hybridized carbons (Fsp3) is 0.391. The second kappa shape index (κ2) is 17.3. The molecule has 1 unspecified atom stereocenters. The molecule has 3 aromatic carbocycles. The molecule has 0 radical (unpaired) electrons. The number of anilines is 1. The van der Waals surface area contributed by atoms with Gasteiger partial charge in [0, 0.05) is 80.5 Å². The molecule has 58 heavy (non-hydrogen) atoms. The van der Waals surface area contributed by atoms with E-state index in [9.17, 15) is 19.2 Å². The van der Waals surface area contributed by atoms with E-state index in [-0.39, 0.29) is 30.0 Å². The lowest BCUT2D eigenvalue weighted by Gasteiger charge is -2.34. The number of rotatable bonds is 13. The molecule has 8 rings (SSSR count). The number of benzene rings is 3. The second-order valence-electron chi connectivity index (χ2n) is 16.2. The zero-order valence-electron chi connectivity index (χ0n) is 32.7. The number of imide groups is 1. The summed E-state index contributed by atoms with van der Waals surface area (Å²) in [5, 5.41) is 6.79. The van der Waals surface area contributed by atoms with Gasteiger partial charge in [-0.3, -0.25) is 29.5 Å². The Balaban J connectivity index is 0.962. The number of aldehydes is 1. The number of piperidine rings is 2. The first-order valence-electron chi connectivity index (χ1n) is 20.6. The molecule has 2 saturated heterocycles. The van der Waals surface area contributed by atoms with Gasteiger partial charge in [-0.05, 0) is 109 Å². The third kappa shape index (κ3) is 8.66. The standard InChI is InChI=1S/C46H50FN7O4/c47-40-25-35(38-10-12-43(56)51-46(38)58)9-11-41(40)52-20-14-31(15-21-52)22-30-5-7-34(8-6-30)39-24-33(29-55)23-37-26-42(54(45(37)39)27-32-3-4-32)36-2-1-19-53(28-36)44(57)13-16-49-17-18-50-48/h2,5-9,11,17-18,23-26,29,31-32,38H,1,3-4,10,12-16,19-22,27-28,48H2,(H,51,56,58)/b49-17?,50-18-. The number of nitrogens with one attached hydrogen (secondary N) is 1. The summed E-state index contributed by atoms with van der Waals surface area (Å²) < 4.78 is 17.8. The van der Waals surface area contributed by atoms with Gasteiger partial charge in [0.25, 0.3) is 0 Å². The van der Waals surface area contributed by atoms with Gasteiger partial charge in [-0.15, -0.1) is 0 Å². The number of amides is 3. The molecule has 1 aliphatic carbocycles. The Labute approximate surface area is 337 Å². The number of aliphatic imine (C=N–C) groups is 1.